The van der Waals surface area contributed by atoms with E-state index in [-0.39, 0.29) is 17.0 Å². The van der Waals surface area contributed by atoms with Gasteiger partial charge >= 0.3 is 6.09 Å². The van der Waals surface area contributed by atoms with Gasteiger partial charge in [0.1, 0.15) is 10.8 Å². The van der Waals surface area contributed by atoms with Crippen LogP contribution in [0, 0.1) is 5.92 Å². The van der Waals surface area contributed by atoms with Gasteiger partial charge in [0.05, 0.1) is 0 Å². The van der Waals surface area contributed by atoms with Crippen LogP contribution in [0.1, 0.15) is 60.8 Å². The average molecular weight is 316 g/mol. The van der Waals surface area contributed by atoms with Crippen LogP contribution < -0.4 is 0 Å². The van der Waals surface area contributed by atoms with E-state index in [4.69, 9.17) is 16.3 Å². The van der Waals surface area contributed by atoms with E-state index in [1.54, 1.807) is 0 Å². The molecule has 0 N–H and O–H groups in total. The van der Waals surface area contributed by atoms with Crippen LogP contribution in [0.4, 0.5) is 4.79 Å². The minimum absolute atomic E-state index is 0.0351. The summed E-state index contributed by atoms with van der Waals surface area (Å²) < 4.78 is 5.44. The van der Waals surface area contributed by atoms with E-state index in [0.29, 0.717) is 24.3 Å². The third-order valence-corrected chi connectivity index (χ3v) is 3.68. The predicted molar refractivity (Wildman–Crippen MR) is 84.1 cm³/mol. The molecule has 5 heteroatoms. The van der Waals surface area contributed by atoms with Gasteiger partial charge in [0.15, 0.2) is 5.78 Å². The number of ketones is 1. The second-order valence-corrected chi connectivity index (χ2v) is 7.24. The van der Waals surface area contributed by atoms with E-state index < -0.39 is 11.7 Å². The molecule has 0 aromatic heterocycles. The molecule has 0 fully saturated rings. The lowest BCUT2D eigenvalue weighted by Crippen LogP contribution is -2.46. The Bertz CT molecular complexity index is 449. The van der Waals surface area contributed by atoms with Crippen molar-refractivity contribution in [2.24, 2.45) is 5.92 Å². The van der Waals surface area contributed by atoms with E-state index >= 15 is 0 Å². The Kier molecular flexibility index (Phi) is 5.85. The summed E-state index contributed by atoms with van der Waals surface area (Å²) in [4.78, 5) is 26.1. The minimum atomic E-state index is -0.593. The van der Waals surface area contributed by atoms with Gasteiger partial charge in [-0.15, -0.1) is 0 Å². The van der Waals surface area contributed by atoms with Crippen molar-refractivity contribution in [1.29, 1.82) is 0 Å². The van der Waals surface area contributed by atoms with Crippen molar-refractivity contribution < 1.29 is 14.3 Å². The third-order valence-electron chi connectivity index (χ3n) is 3.27. The number of amides is 1. The molecule has 1 aliphatic heterocycles. The number of hydrogen-bond donors (Lipinski definition) is 0. The quantitative estimate of drug-likeness (QED) is 0.722. The smallest absolute Gasteiger partial charge is 0.415 e. The lowest BCUT2D eigenvalue weighted by molar-refractivity contribution is -0.117. The molecule has 1 aliphatic rings. The second-order valence-electron chi connectivity index (χ2n) is 6.88. The normalized spacial score (nSPS) is 20.3. The van der Waals surface area contributed by atoms with Gasteiger partial charge in [-0.25, -0.2) is 4.79 Å². The zero-order valence-electron chi connectivity index (χ0n) is 13.8. The minimum Gasteiger partial charge on any atom is -0.443 e. The molecule has 1 unspecified atom stereocenters. The van der Waals surface area contributed by atoms with Crippen LogP contribution in [-0.2, 0) is 9.53 Å². The molecule has 0 aromatic carbocycles. The van der Waals surface area contributed by atoms with Crippen molar-refractivity contribution in [2.75, 3.05) is 0 Å². The molecule has 0 bridgehead atoms. The Morgan fingerprint density at radius 2 is 2.00 bits per heavy atom. The lowest BCUT2D eigenvalue weighted by Gasteiger charge is -2.37. The first-order chi connectivity index (χ1) is 9.56. The summed E-state index contributed by atoms with van der Waals surface area (Å²) in [7, 11) is 0. The Labute approximate surface area is 132 Å². The summed E-state index contributed by atoms with van der Waals surface area (Å²) in [6.45, 7) is 11.4. The number of ether oxygens (including phenoxy) is 1. The van der Waals surface area contributed by atoms with Gasteiger partial charge in [0, 0.05) is 18.0 Å². The zero-order chi connectivity index (χ0) is 16.4. The molecule has 0 saturated heterocycles. The predicted octanol–water partition coefficient (Wildman–Crippen LogP) is 4.47. The Morgan fingerprint density at radius 1 is 1.43 bits per heavy atom. The van der Waals surface area contributed by atoms with E-state index in [1.807, 2.05) is 27.7 Å². The van der Waals surface area contributed by atoms with Crippen molar-refractivity contribution in [3.63, 3.8) is 0 Å². The number of carbonyl (C=O) groups is 2. The molecule has 0 aliphatic carbocycles. The number of carbonyl (C=O) groups excluding carboxylic acids is 2. The van der Waals surface area contributed by atoms with Crippen molar-refractivity contribution in [1.82, 2.24) is 4.90 Å². The van der Waals surface area contributed by atoms with Gasteiger partial charge in [-0.3, -0.25) is 9.69 Å². The largest absolute Gasteiger partial charge is 0.443 e. The molecule has 1 amide bonds. The first-order valence-corrected chi connectivity index (χ1v) is 7.88. The highest BCUT2D eigenvalue weighted by Gasteiger charge is 2.38. The van der Waals surface area contributed by atoms with Crippen molar-refractivity contribution in [2.45, 2.75) is 72.4 Å². The van der Waals surface area contributed by atoms with E-state index in [0.717, 1.165) is 6.42 Å². The maximum absolute atomic E-state index is 12.5. The monoisotopic (exact) mass is 315 g/mol. The topological polar surface area (TPSA) is 46.6 Å². The van der Waals surface area contributed by atoms with Gasteiger partial charge in [0.25, 0.3) is 0 Å². The van der Waals surface area contributed by atoms with Crippen molar-refractivity contribution in [3.05, 3.63) is 10.7 Å². The van der Waals surface area contributed by atoms with Gasteiger partial charge in [-0.1, -0.05) is 32.4 Å². The van der Waals surface area contributed by atoms with Crippen LogP contribution in [0.25, 0.3) is 0 Å². The molecule has 0 aromatic rings. The highest BCUT2D eigenvalue weighted by atomic mass is 35.5. The summed E-state index contributed by atoms with van der Waals surface area (Å²) >= 11 is 6.33. The van der Waals surface area contributed by atoms with Gasteiger partial charge in [-0.2, -0.15) is 0 Å². The molecule has 0 saturated carbocycles. The molecule has 1 atom stereocenters. The van der Waals surface area contributed by atoms with Crippen molar-refractivity contribution in [3.8, 4) is 0 Å². The molecule has 21 heavy (non-hydrogen) atoms. The summed E-state index contributed by atoms with van der Waals surface area (Å²) in [5.74, 6) is 0.397. The van der Waals surface area contributed by atoms with Crippen LogP contribution >= 0.6 is 11.6 Å². The Hall–Kier alpha value is -1.03. The number of Topliss-reactive ketones (excluding diaryl/α,β-unsaturated/α-hetero) is 1. The molecule has 0 radical (unpaired) electrons. The number of rotatable bonds is 3. The van der Waals surface area contributed by atoms with Crippen LogP contribution in [0.2, 0.25) is 0 Å². The van der Waals surface area contributed by atoms with E-state index in [9.17, 15) is 9.59 Å². The SMILES string of the molecule is CCC1=C(Cl)N(C(=O)OC(C)(C)C)C(CC(C)C)CC1=O. The van der Waals surface area contributed by atoms with Gasteiger partial charge in [-0.05, 0) is 39.5 Å². The fourth-order valence-corrected chi connectivity index (χ4v) is 2.91. The van der Waals surface area contributed by atoms with Crippen LogP contribution in [0.5, 0.6) is 0 Å². The molecule has 1 rings (SSSR count). The lowest BCUT2D eigenvalue weighted by atomic mass is 9.92. The molecule has 4 nitrogen and oxygen atoms in total. The standard InChI is InChI=1S/C16H26ClNO3/c1-7-12-13(19)9-11(8-10(2)3)18(14(12)17)15(20)21-16(4,5)6/h10-11H,7-9H2,1-6H3. The first kappa shape index (κ1) is 18.0. The fraction of sp³-hybridized carbons (Fsp3) is 0.750. The van der Waals surface area contributed by atoms with E-state index in [2.05, 4.69) is 13.8 Å². The highest BCUT2D eigenvalue weighted by molar-refractivity contribution is 6.33. The Morgan fingerprint density at radius 3 is 2.43 bits per heavy atom. The second kappa shape index (κ2) is 6.82. The Balaban J connectivity index is 3.13. The molecular formula is C16H26ClNO3. The number of hydrogen-bond acceptors (Lipinski definition) is 3. The third kappa shape index (κ3) is 4.73. The van der Waals surface area contributed by atoms with Gasteiger partial charge < -0.3 is 4.74 Å². The van der Waals surface area contributed by atoms with Gasteiger partial charge in [0.2, 0.25) is 0 Å². The van der Waals surface area contributed by atoms with Crippen LogP contribution in [-0.4, -0.2) is 28.4 Å². The number of allylic oxidation sites excluding steroid dienone is 1. The molecule has 120 valence electrons. The zero-order valence-corrected chi connectivity index (χ0v) is 14.6. The molecule has 1 heterocycles. The number of nitrogens with zero attached hydrogens (tertiary/aromatic N) is 1. The summed E-state index contributed by atoms with van der Waals surface area (Å²) in [5.41, 5.74) is -0.0766. The van der Waals surface area contributed by atoms with Crippen LogP contribution in [0.15, 0.2) is 10.7 Å². The maximum Gasteiger partial charge on any atom is 0.415 e. The fourth-order valence-electron chi connectivity index (χ4n) is 2.47. The highest BCUT2D eigenvalue weighted by Crippen LogP contribution is 2.33. The first-order valence-electron chi connectivity index (χ1n) is 7.50. The summed E-state index contributed by atoms with van der Waals surface area (Å²) in [5, 5.41) is 0.230. The molecule has 0 spiro atoms. The van der Waals surface area contributed by atoms with E-state index in [1.165, 1.54) is 4.90 Å². The summed E-state index contributed by atoms with van der Waals surface area (Å²) in [6.07, 6.45) is 1.08. The maximum atomic E-state index is 12.5. The van der Waals surface area contributed by atoms with Crippen molar-refractivity contribution >= 4 is 23.5 Å². The number of halogens is 1. The summed E-state index contributed by atoms with van der Waals surface area (Å²) in [6, 6.07) is -0.227. The average Bonchev–Trinajstić information content (AvgIpc) is 2.25. The molecular weight excluding hydrogens is 290 g/mol. The van der Waals surface area contributed by atoms with Crippen LogP contribution in [0.3, 0.4) is 0 Å².